The summed E-state index contributed by atoms with van der Waals surface area (Å²) < 4.78 is 1.46. The Labute approximate surface area is 99.1 Å². The molecular weight excluding hydrogens is 372 g/mol. The summed E-state index contributed by atoms with van der Waals surface area (Å²) >= 11 is 9.37. The molecule has 0 saturated carbocycles. The lowest BCUT2D eigenvalue weighted by Gasteiger charge is -2.05. The van der Waals surface area contributed by atoms with Crippen LogP contribution < -0.4 is 0 Å². The summed E-state index contributed by atoms with van der Waals surface area (Å²) in [6.45, 7) is 0. The average molecular weight is 375 g/mol. The van der Waals surface area contributed by atoms with Crippen molar-refractivity contribution < 1.29 is 15.0 Å². The highest BCUT2D eigenvalue weighted by Crippen LogP contribution is 2.39. The van der Waals surface area contributed by atoms with Gasteiger partial charge in [-0.25, -0.2) is 4.79 Å². The van der Waals surface area contributed by atoms with Gasteiger partial charge in [0.2, 0.25) is 0 Å². The molecule has 1 aromatic rings. The molecule has 0 heterocycles. The largest absolute Gasteiger partial charge is 0.506 e. The monoisotopic (exact) mass is 372 g/mol. The fraction of sp³-hybridized carbons (Fsp3) is 0. The van der Waals surface area contributed by atoms with Crippen molar-refractivity contribution in [2.45, 2.75) is 0 Å². The second kappa shape index (κ2) is 3.98. The minimum atomic E-state index is -1.17. The lowest BCUT2D eigenvalue weighted by Crippen LogP contribution is -1.97. The summed E-state index contributed by atoms with van der Waals surface area (Å²) in [4.78, 5) is 10.6. The van der Waals surface area contributed by atoms with E-state index in [1.165, 1.54) is 6.07 Å². The Bertz CT molecular complexity index is 376. The van der Waals surface area contributed by atoms with Crippen LogP contribution in [0.1, 0.15) is 10.4 Å². The van der Waals surface area contributed by atoms with Gasteiger partial charge in [-0.2, -0.15) is 0 Å². The zero-order valence-corrected chi connectivity index (χ0v) is 10.8. The summed E-state index contributed by atoms with van der Waals surface area (Å²) in [7, 11) is 0. The smallest absolute Gasteiger partial charge is 0.339 e. The molecule has 0 fully saturated rings. The van der Waals surface area contributed by atoms with Crippen molar-refractivity contribution in [3.63, 3.8) is 0 Å². The lowest BCUT2D eigenvalue weighted by atomic mass is 10.2. The van der Waals surface area contributed by atoms with Crippen molar-refractivity contribution in [2.24, 2.45) is 0 Å². The zero-order valence-electron chi connectivity index (χ0n) is 6.01. The number of hydrogen-bond donors (Lipinski definition) is 2. The highest BCUT2D eigenvalue weighted by molar-refractivity contribution is 9.14. The topological polar surface area (TPSA) is 57.5 Å². The van der Waals surface area contributed by atoms with Crippen LogP contribution in [0.4, 0.5) is 0 Å². The predicted octanol–water partition coefficient (Wildman–Crippen LogP) is 3.38. The van der Waals surface area contributed by atoms with Crippen LogP contribution in [-0.2, 0) is 0 Å². The number of carbonyl (C=O) groups is 1. The number of aromatic carboxylic acids is 1. The Morgan fingerprint density at radius 1 is 1.23 bits per heavy atom. The molecule has 2 N–H and O–H groups in total. The summed E-state index contributed by atoms with van der Waals surface area (Å²) in [5, 5.41) is 18.1. The van der Waals surface area contributed by atoms with E-state index in [9.17, 15) is 9.90 Å². The van der Waals surface area contributed by atoms with Gasteiger partial charge in [0.1, 0.15) is 11.3 Å². The van der Waals surface area contributed by atoms with Crippen LogP contribution in [0.3, 0.4) is 0 Å². The third-order valence-corrected chi connectivity index (χ3v) is 4.65. The van der Waals surface area contributed by atoms with E-state index in [2.05, 4.69) is 47.8 Å². The molecule has 1 rings (SSSR count). The predicted molar refractivity (Wildman–Crippen MR) is 58.2 cm³/mol. The first kappa shape index (κ1) is 11.0. The van der Waals surface area contributed by atoms with Gasteiger partial charge in [-0.15, -0.1) is 0 Å². The van der Waals surface area contributed by atoms with Gasteiger partial charge in [0.25, 0.3) is 0 Å². The molecule has 0 aliphatic rings. The van der Waals surface area contributed by atoms with Crippen LogP contribution in [0.25, 0.3) is 0 Å². The van der Waals surface area contributed by atoms with Gasteiger partial charge in [-0.3, -0.25) is 0 Å². The molecule has 0 radical (unpaired) electrons. The highest BCUT2D eigenvalue weighted by atomic mass is 79.9. The van der Waals surface area contributed by atoms with E-state index in [0.29, 0.717) is 13.4 Å². The second-order valence-electron chi connectivity index (χ2n) is 2.19. The van der Waals surface area contributed by atoms with Gasteiger partial charge in [0, 0.05) is 8.95 Å². The van der Waals surface area contributed by atoms with Crippen molar-refractivity contribution in [1.29, 1.82) is 0 Å². The van der Waals surface area contributed by atoms with Crippen LogP contribution in [0.5, 0.6) is 5.75 Å². The van der Waals surface area contributed by atoms with Gasteiger partial charge < -0.3 is 10.2 Å². The SMILES string of the molecule is O=C(O)c1cc(Br)c(Br)c(Br)c1O. The lowest BCUT2D eigenvalue weighted by molar-refractivity contribution is 0.0693. The maximum Gasteiger partial charge on any atom is 0.339 e. The van der Waals surface area contributed by atoms with Crippen LogP contribution in [0.2, 0.25) is 0 Å². The molecular formula is C7H3Br3O3. The van der Waals surface area contributed by atoms with Gasteiger partial charge >= 0.3 is 5.97 Å². The molecule has 13 heavy (non-hydrogen) atoms. The van der Waals surface area contributed by atoms with Gasteiger partial charge in [0.15, 0.2) is 0 Å². The molecule has 0 amide bonds. The Morgan fingerprint density at radius 3 is 2.23 bits per heavy atom. The quantitative estimate of drug-likeness (QED) is 0.741. The van der Waals surface area contributed by atoms with Gasteiger partial charge in [-0.1, -0.05) is 0 Å². The van der Waals surface area contributed by atoms with Crippen molar-refractivity contribution in [3.05, 3.63) is 25.0 Å². The number of carboxylic acid groups (broad SMARTS) is 1. The first-order chi connectivity index (χ1) is 5.95. The molecule has 0 aliphatic heterocycles. The summed E-state index contributed by atoms with van der Waals surface area (Å²) in [5.41, 5.74) is -0.151. The van der Waals surface area contributed by atoms with E-state index in [1.807, 2.05) is 0 Å². The Kier molecular flexibility index (Phi) is 3.37. The van der Waals surface area contributed by atoms with E-state index in [4.69, 9.17) is 5.11 Å². The molecule has 6 heteroatoms. The number of phenols is 1. The number of aromatic hydroxyl groups is 1. The second-order valence-corrected chi connectivity index (χ2v) is 4.63. The van der Waals surface area contributed by atoms with Gasteiger partial charge in [-0.05, 0) is 53.9 Å². The van der Waals surface area contributed by atoms with Gasteiger partial charge in [0.05, 0.1) is 4.47 Å². The van der Waals surface area contributed by atoms with E-state index in [1.54, 1.807) is 0 Å². The molecule has 0 saturated heterocycles. The Hall–Kier alpha value is -0.0700. The zero-order chi connectivity index (χ0) is 10.2. The number of benzene rings is 1. The third kappa shape index (κ3) is 2.05. The number of halogens is 3. The molecule has 0 aliphatic carbocycles. The molecule has 70 valence electrons. The molecule has 0 bridgehead atoms. The Morgan fingerprint density at radius 2 is 1.77 bits per heavy atom. The maximum atomic E-state index is 10.6. The third-order valence-electron chi connectivity index (χ3n) is 1.37. The first-order valence-electron chi connectivity index (χ1n) is 3.05. The van der Waals surface area contributed by atoms with Crippen molar-refractivity contribution in [3.8, 4) is 5.75 Å². The maximum absolute atomic E-state index is 10.6. The molecule has 3 nitrogen and oxygen atoms in total. The van der Waals surface area contributed by atoms with Crippen LogP contribution in [-0.4, -0.2) is 16.2 Å². The normalized spacial score (nSPS) is 10.1. The van der Waals surface area contributed by atoms with E-state index in [-0.39, 0.29) is 11.3 Å². The molecule has 0 atom stereocenters. The fourth-order valence-electron chi connectivity index (χ4n) is 0.748. The van der Waals surface area contributed by atoms with Crippen molar-refractivity contribution >= 4 is 53.8 Å². The number of carboxylic acids is 1. The summed E-state index contributed by atoms with van der Waals surface area (Å²) in [5.74, 6) is -1.46. The van der Waals surface area contributed by atoms with Crippen molar-refractivity contribution in [2.75, 3.05) is 0 Å². The van der Waals surface area contributed by atoms with Crippen molar-refractivity contribution in [1.82, 2.24) is 0 Å². The molecule has 0 unspecified atom stereocenters. The van der Waals surface area contributed by atoms with Crippen LogP contribution in [0, 0.1) is 0 Å². The standard InChI is InChI=1S/C7H3Br3O3/c8-3-1-2(7(12)13)6(11)5(10)4(3)9/h1,11H,(H,12,13). The molecule has 1 aromatic carbocycles. The van der Waals surface area contributed by atoms with E-state index >= 15 is 0 Å². The average Bonchev–Trinajstić information content (AvgIpc) is 2.07. The first-order valence-corrected chi connectivity index (χ1v) is 5.42. The summed E-state index contributed by atoms with van der Waals surface area (Å²) in [6.07, 6.45) is 0. The molecule has 0 aromatic heterocycles. The summed E-state index contributed by atoms with van der Waals surface area (Å²) in [6, 6.07) is 1.33. The minimum absolute atomic E-state index is 0.151. The van der Waals surface area contributed by atoms with Crippen LogP contribution in [0.15, 0.2) is 19.5 Å². The highest BCUT2D eigenvalue weighted by Gasteiger charge is 2.17. The fourth-order valence-corrected chi connectivity index (χ4v) is 2.17. The minimum Gasteiger partial charge on any atom is -0.506 e. The van der Waals surface area contributed by atoms with E-state index < -0.39 is 5.97 Å². The number of hydrogen-bond acceptors (Lipinski definition) is 2. The number of rotatable bonds is 1. The van der Waals surface area contributed by atoms with Crippen LogP contribution >= 0.6 is 47.8 Å². The molecule has 0 spiro atoms. The van der Waals surface area contributed by atoms with E-state index in [0.717, 1.165) is 0 Å². The Balaban J connectivity index is 3.50.